The Labute approximate surface area is 122 Å². The summed E-state index contributed by atoms with van der Waals surface area (Å²) in [5.74, 6) is -0.697. The topological polar surface area (TPSA) is 49.3 Å². The number of rotatable bonds is 5. The SMILES string of the molecule is O=C(/C=C/c1cccc(F)c1)N[C@@H](CO)c1ccccc1. The Bertz CT molecular complexity index is 626. The highest BCUT2D eigenvalue weighted by molar-refractivity contribution is 5.92. The highest BCUT2D eigenvalue weighted by atomic mass is 19.1. The molecule has 0 saturated heterocycles. The van der Waals surface area contributed by atoms with Gasteiger partial charge in [-0.25, -0.2) is 4.39 Å². The molecule has 2 rings (SSSR count). The second-order valence-corrected chi connectivity index (χ2v) is 4.54. The summed E-state index contributed by atoms with van der Waals surface area (Å²) in [5, 5.41) is 12.1. The minimum atomic E-state index is -0.462. The van der Waals surface area contributed by atoms with E-state index in [4.69, 9.17) is 0 Å². The summed E-state index contributed by atoms with van der Waals surface area (Å²) in [5.41, 5.74) is 1.43. The zero-order chi connectivity index (χ0) is 15.1. The Morgan fingerprint density at radius 1 is 1.19 bits per heavy atom. The molecular formula is C17H16FNO2. The van der Waals surface area contributed by atoms with Gasteiger partial charge in [0.15, 0.2) is 0 Å². The van der Waals surface area contributed by atoms with E-state index >= 15 is 0 Å². The van der Waals surface area contributed by atoms with E-state index in [-0.39, 0.29) is 18.3 Å². The van der Waals surface area contributed by atoms with Gasteiger partial charge in [-0.15, -0.1) is 0 Å². The van der Waals surface area contributed by atoms with Gasteiger partial charge in [0, 0.05) is 6.08 Å². The highest BCUT2D eigenvalue weighted by Gasteiger charge is 2.11. The van der Waals surface area contributed by atoms with Crippen LogP contribution in [0.1, 0.15) is 17.2 Å². The van der Waals surface area contributed by atoms with Gasteiger partial charge in [-0.2, -0.15) is 0 Å². The van der Waals surface area contributed by atoms with Crippen molar-refractivity contribution < 1.29 is 14.3 Å². The van der Waals surface area contributed by atoms with Crippen LogP contribution in [-0.2, 0) is 4.79 Å². The third-order valence-corrected chi connectivity index (χ3v) is 2.98. The molecule has 1 amide bonds. The number of halogens is 1. The van der Waals surface area contributed by atoms with Crippen molar-refractivity contribution in [1.29, 1.82) is 0 Å². The number of benzene rings is 2. The van der Waals surface area contributed by atoms with Crippen molar-refractivity contribution in [1.82, 2.24) is 5.32 Å². The van der Waals surface area contributed by atoms with Gasteiger partial charge in [-0.3, -0.25) is 4.79 Å². The monoisotopic (exact) mass is 285 g/mol. The maximum Gasteiger partial charge on any atom is 0.244 e. The molecule has 0 saturated carbocycles. The van der Waals surface area contributed by atoms with Crippen molar-refractivity contribution in [3.05, 3.63) is 77.6 Å². The van der Waals surface area contributed by atoms with E-state index in [1.165, 1.54) is 24.3 Å². The van der Waals surface area contributed by atoms with Crippen molar-refractivity contribution in [2.45, 2.75) is 6.04 Å². The van der Waals surface area contributed by atoms with Crippen LogP contribution in [0.25, 0.3) is 6.08 Å². The van der Waals surface area contributed by atoms with Gasteiger partial charge in [0.1, 0.15) is 5.82 Å². The van der Waals surface area contributed by atoms with E-state index in [2.05, 4.69) is 5.32 Å². The molecule has 0 heterocycles. The lowest BCUT2D eigenvalue weighted by molar-refractivity contribution is -0.117. The molecule has 1 atom stereocenters. The average Bonchev–Trinajstić information content (AvgIpc) is 2.51. The van der Waals surface area contributed by atoms with E-state index in [0.717, 1.165) is 5.56 Å². The molecule has 2 N–H and O–H groups in total. The van der Waals surface area contributed by atoms with Gasteiger partial charge < -0.3 is 10.4 Å². The lowest BCUT2D eigenvalue weighted by Gasteiger charge is -2.15. The van der Waals surface area contributed by atoms with Crippen LogP contribution < -0.4 is 5.32 Å². The average molecular weight is 285 g/mol. The summed E-state index contributed by atoms with van der Waals surface area (Å²) in [6.07, 6.45) is 2.85. The van der Waals surface area contributed by atoms with Crippen molar-refractivity contribution in [3.8, 4) is 0 Å². The molecule has 0 unspecified atom stereocenters. The fraction of sp³-hybridized carbons (Fsp3) is 0.118. The number of amides is 1. The molecule has 4 heteroatoms. The summed E-state index contributed by atoms with van der Waals surface area (Å²) < 4.78 is 13.0. The highest BCUT2D eigenvalue weighted by Crippen LogP contribution is 2.11. The second-order valence-electron chi connectivity index (χ2n) is 4.54. The van der Waals surface area contributed by atoms with Crippen LogP contribution in [0.5, 0.6) is 0 Å². The first-order valence-electron chi connectivity index (χ1n) is 6.59. The van der Waals surface area contributed by atoms with Crippen molar-refractivity contribution in [2.24, 2.45) is 0 Å². The molecule has 0 fully saturated rings. The smallest absolute Gasteiger partial charge is 0.244 e. The first kappa shape index (κ1) is 14.9. The van der Waals surface area contributed by atoms with E-state index in [1.54, 1.807) is 12.1 Å². The Kier molecular flexibility index (Phi) is 5.23. The molecule has 0 spiro atoms. The molecule has 0 aliphatic heterocycles. The molecule has 3 nitrogen and oxygen atoms in total. The van der Waals surface area contributed by atoms with Gasteiger partial charge in [-0.1, -0.05) is 42.5 Å². The van der Waals surface area contributed by atoms with E-state index in [1.807, 2.05) is 30.3 Å². The van der Waals surface area contributed by atoms with E-state index < -0.39 is 6.04 Å². The fourth-order valence-corrected chi connectivity index (χ4v) is 1.92. The van der Waals surface area contributed by atoms with Gasteiger partial charge in [0.25, 0.3) is 0 Å². The minimum absolute atomic E-state index is 0.191. The summed E-state index contributed by atoms with van der Waals surface area (Å²) in [6.45, 7) is -0.191. The van der Waals surface area contributed by atoms with Gasteiger partial charge in [0.05, 0.1) is 12.6 Å². The molecule has 2 aromatic rings. The number of hydrogen-bond donors (Lipinski definition) is 2. The number of aliphatic hydroxyl groups is 1. The lowest BCUT2D eigenvalue weighted by atomic mass is 10.1. The molecule has 21 heavy (non-hydrogen) atoms. The van der Waals surface area contributed by atoms with Crippen LogP contribution in [0.3, 0.4) is 0 Å². The molecule has 0 aromatic heterocycles. The van der Waals surface area contributed by atoms with Crippen LogP contribution in [0.2, 0.25) is 0 Å². The normalized spacial score (nSPS) is 12.3. The van der Waals surface area contributed by atoms with Gasteiger partial charge in [0.2, 0.25) is 5.91 Å². The molecule has 108 valence electrons. The molecule has 2 aromatic carbocycles. The number of carbonyl (C=O) groups is 1. The minimum Gasteiger partial charge on any atom is -0.394 e. The van der Waals surface area contributed by atoms with Crippen LogP contribution in [0.15, 0.2) is 60.7 Å². The first-order chi connectivity index (χ1) is 10.2. The summed E-state index contributed by atoms with van der Waals surface area (Å²) in [7, 11) is 0. The summed E-state index contributed by atoms with van der Waals surface area (Å²) in [6, 6.07) is 14.7. The maximum absolute atomic E-state index is 13.0. The van der Waals surface area contributed by atoms with Gasteiger partial charge >= 0.3 is 0 Å². The first-order valence-corrected chi connectivity index (χ1v) is 6.59. The van der Waals surface area contributed by atoms with Gasteiger partial charge in [-0.05, 0) is 29.3 Å². The van der Waals surface area contributed by atoms with Crippen LogP contribution in [-0.4, -0.2) is 17.6 Å². The van der Waals surface area contributed by atoms with E-state index in [0.29, 0.717) is 5.56 Å². The summed E-state index contributed by atoms with van der Waals surface area (Å²) >= 11 is 0. The molecule has 0 bridgehead atoms. The standard InChI is InChI=1S/C17H16FNO2/c18-15-8-4-5-13(11-15)9-10-17(21)19-16(12-20)14-6-2-1-3-7-14/h1-11,16,20H,12H2,(H,19,21)/b10-9+/t16-/m0/s1. The fourth-order valence-electron chi connectivity index (χ4n) is 1.92. The van der Waals surface area contributed by atoms with Crippen LogP contribution >= 0.6 is 0 Å². The molecule has 0 aliphatic carbocycles. The number of nitrogens with one attached hydrogen (secondary N) is 1. The number of aliphatic hydroxyl groups excluding tert-OH is 1. The van der Waals surface area contributed by atoms with Crippen LogP contribution in [0.4, 0.5) is 4.39 Å². The van der Waals surface area contributed by atoms with Crippen molar-refractivity contribution in [3.63, 3.8) is 0 Å². The molecule has 0 radical (unpaired) electrons. The third kappa shape index (κ3) is 4.54. The Morgan fingerprint density at radius 3 is 2.62 bits per heavy atom. The second kappa shape index (κ2) is 7.36. The predicted octanol–water partition coefficient (Wildman–Crippen LogP) is 2.69. The third-order valence-electron chi connectivity index (χ3n) is 2.98. The molecular weight excluding hydrogens is 269 g/mol. The van der Waals surface area contributed by atoms with Crippen molar-refractivity contribution in [2.75, 3.05) is 6.61 Å². The summed E-state index contributed by atoms with van der Waals surface area (Å²) in [4.78, 5) is 11.8. The predicted molar refractivity (Wildman–Crippen MR) is 79.8 cm³/mol. The number of hydrogen-bond acceptors (Lipinski definition) is 2. The Morgan fingerprint density at radius 2 is 1.95 bits per heavy atom. The Balaban J connectivity index is 2.00. The number of carbonyl (C=O) groups excluding carboxylic acids is 1. The lowest BCUT2D eigenvalue weighted by Crippen LogP contribution is -2.29. The largest absolute Gasteiger partial charge is 0.394 e. The van der Waals surface area contributed by atoms with E-state index in [9.17, 15) is 14.3 Å². The molecule has 0 aliphatic rings. The quantitative estimate of drug-likeness (QED) is 0.830. The zero-order valence-electron chi connectivity index (χ0n) is 11.4. The zero-order valence-corrected chi connectivity index (χ0v) is 11.4. The van der Waals surface area contributed by atoms with Crippen LogP contribution in [0, 0.1) is 5.82 Å². The maximum atomic E-state index is 13.0. The van der Waals surface area contributed by atoms with Crippen molar-refractivity contribution >= 4 is 12.0 Å². The Hall–Kier alpha value is -2.46.